The Morgan fingerprint density at radius 1 is 0.875 bits per heavy atom. The monoisotopic (exact) mass is 688 g/mol. The van der Waals surface area contributed by atoms with Crippen molar-refractivity contribution in [3.8, 4) is 0 Å². The number of nitrogens with one attached hydrogen (secondary N) is 1. The second-order valence-corrected chi connectivity index (χ2v) is 13.7. The maximum atomic E-state index is 12.9. The molecule has 0 bridgehead atoms. The molecule has 0 aliphatic rings. The van der Waals surface area contributed by atoms with Crippen LogP contribution in [0.3, 0.4) is 0 Å². The molecule has 224 valence electrons. The van der Waals surface area contributed by atoms with Crippen LogP contribution in [0, 0.1) is 25.5 Å². The second kappa shape index (κ2) is 25.4. The number of carbonyl (C=O) groups is 2. The molecule has 0 saturated heterocycles. The van der Waals surface area contributed by atoms with E-state index in [2.05, 4.69) is 39.0 Å². The van der Waals surface area contributed by atoms with Crippen molar-refractivity contribution in [1.82, 2.24) is 0 Å². The van der Waals surface area contributed by atoms with Crippen molar-refractivity contribution in [2.75, 3.05) is 11.1 Å². The van der Waals surface area contributed by atoms with E-state index in [0.29, 0.717) is 28.9 Å². The molecule has 0 fully saturated rings. The molecule has 2 aromatic rings. The largest absolute Gasteiger partial charge is 0.481 e. The molecule has 2 aromatic carbocycles. The molecule has 0 radical (unpaired) electrons. The smallest absolute Gasteiger partial charge is 0.373 e. The molecule has 0 spiro atoms. The van der Waals surface area contributed by atoms with E-state index >= 15 is 0 Å². The molecule has 0 aromatic heterocycles. The third-order valence-electron chi connectivity index (χ3n) is 3.62. The number of anilines is 2. The van der Waals surface area contributed by atoms with E-state index in [9.17, 15) is 22.9 Å². The van der Waals surface area contributed by atoms with Crippen LogP contribution in [0.5, 0.6) is 0 Å². The lowest BCUT2D eigenvalue weighted by molar-refractivity contribution is -0.193. The number of amides is 1. The van der Waals surface area contributed by atoms with E-state index < -0.39 is 22.8 Å². The molecule has 18 heteroatoms. The van der Waals surface area contributed by atoms with Gasteiger partial charge < -0.3 is 16.2 Å². The van der Waals surface area contributed by atoms with Crippen LogP contribution in [0.1, 0.15) is 37.8 Å². The van der Waals surface area contributed by atoms with Gasteiger partial charge in [-0.05, 0) is 83.0 Å². The second-order valence-electron chi connectivity index (χ2n) is 6.32. The minimum absolute atomic E-state index is 0.0545. The number of hydrogen-bond acceptors (Lipinski definition) is 8. The zero-order chi connectivity index (χ0) is 32.6. The van der Waals surface area contributed by atoms with Crippen LogP contribution in [0.2, 0.25) is 10.0 Å². The lowest BCUT2D eigenvalue weighted by atomic mass is 10.2. The number of hydrogen-bond donors (Lipinski definition) is 3. The number of nitrogens with two attached hydrogens (primary N) is 1. The Morgan fingerprint density at radius 3 is 1.50 bits per heavy atom. The van der Waals surface area contributed by atoms with Gasteiger partial charge in [-0.2, -0.15) is 19.2 Å². The Kier molecular flexibility index (Phi) is 28.3. The first-order valence-corrected chi connectivity index (χ1v) is 15.3. The predicted molar refractivity (Wildman–Crippen MR) is 149 cm³/mol. The molecule has 0 unspecified atom stereocenters. The maximum absolute atomic E-state index is 12.9. The van der Waals surface area contributed by atoms with E-state index in [4.69, 9.17) is 53.2 Å². The van der Waals surface area contributed by atoms with Crippen LogP contribution in [0.4, 0.5) is 20.2 Å². The fraction of sp³-hybridized carbons (Fsp3) is 0.273. The van der Waals surface area contributed by atoms with Gasteiger partial charge in [-0.25, -0.2) is 8.78 Å². The third-order valence-corrected chi connectivity index (χ3v) is 4.55. The number of nitrogen functional groups attached to an aromatic ring is 1. The summed E-state index contributed by atoms with van der Waals surface area (Å²) >= 11 is 25.1. The number of aliphatic carboxylic acids is 1. The summed E-state index contributed by atoms with van der Waals surface area (Å²) in [5.41, 5.74) is 7.67. The van der Waals surface area contributed by atoms with Gasteiger partial charge in [0, 0.05) is 24.2 Å². The Labute approximate surface area is 252 Å². The Balaban J connectivity index is -0.000000218. The molecule has 1 amide bonds. The summed E-state index contributed by atoms with van der Waals surface area (Å²) in [6, 6.07) is 5.49. The van der Waals surface area contributed by atoms with Crippen LogP contribution < -0.4 is 11.1 Å². The highest BCUT2D eigenvalue weighted by atomic mass is 36.0. The minimum Gasteiger partial charge on any atom is -0.481 e. The van der Waals surface area contributed by atoms with Crippen molar-refractivity contribution in [2.45, 2.75) is 40.5 Å². The first-order chi connectivity index (χ1) is 18.3. The molecule has 0 aliphatic carbocycles. The zero-order valence-corrected chi connectivity index (χ0v) is 25.9. The minimum atomic E-state index is -3.22. The number of rotatable bonds is 3. The first kappa shape index (κ1) is 44.5. The Hall–Kier alpha value is -2.52. The number of carbonyl (C=O) groups excluding carboxylic acids is 5. The predicted octanol–water partition coefficient (Wildman–Crippen LogP) is 7.63. The van der Waals surface area contributed by atoms with Gasteiger partial charge in [0.15, 0.2) is 0 Å². The molecule has 2 rings (SSSR count). The van der Waals surface area contributed by atoms with Gasteiger partial charge >= 0.3 is 23.5 Å². The summed E-state index contributed by atoms with van der Waals surface area (Å²) in [7, 11) is 0. The fourth-order valence-electron chi connectivity index (χ4n) is 1.69. The Morgan fingerprint density at radius 2 is 1.20 bits per heavy atom. The molecule has 4 N–H and O–H groups in total. The summed E-state index contributed by atoms with van der Waals surface area (Å²) < 4.78 is 35.0. The summed E-state index contributed by atoms with van der Waals surface area (Å²) in [5.74, 6) is -1.76. The van der Waals surface area contributed by atoms with Crippen molar-refractivity contribution < 1.29 is 47.2 Å². The van der Waals surface area contributed by atoms with Crippen LogP contribution in [0.25, 0.3) is 0 Å². The lowest BCUT2D eigenvalue weighted by Gasteiger charge is -2.08. The molecule has 0 aliphatic heterocycles. The normalized spacial score (nSPS) is 8.78. The number of benzene rings is 2. The van der Waals surface area contributed by atoms with E-state index in [1.807, 2.05) is 0 Å². The topological polar surface area (TPSA) is 178 Å². The molecular formula is C22H24Cl5F2N2O8P. The van der Waals surface area contributed by atoms with E-state index in [-0.39, 0.29) is 34.7 Å². The van der Waals surface area contributed by atoms with Crippen molar-refractivity contribution in [3.05, 3.63) is 57.1 Å². The van der Waals surface area contributed by atoms with Crippen LogP contribution >= 0.6 is 62.1 Å². The molecule has 0 atom stereocenters. The van der Waals surface area contributed by atoms with Gasteiger partial charge in [0.05, 0.1) is 10.0 Å². The van der Waals surface area contributed by atoms with Crippen molar-refractivity contribution in [2.24, 2.45) is 0 Å². The van der Waals surface area contributed by atoms with Gasteiger partial charge in [-0.1, -0.05) is 37.0 Å². The molecular weight excluding hydrogens is 666 g/mol. The summed E-state index contributed by atoms with van der Waals surface area (Å²) in [4.78, 5) is 52.9. The molecule has 0 heterocycles. The average Bonchev–Trinajstić information content (AvgIpc) is 2.86. The highest BCUT2D eigenvalue weighted by molar-refractivity contribution is 8.24. The van der Waals surface area contributed by atoms with Crippen LogP contribution in [0.15, 0.2) is 24.3 Å². The number of halogens is 7. The van der Waals surface area contributed by atoms with Gasteiger partial charge in [0.25, 0.3) is 0 Å². The summed E-state index contributed by atoms with van der Waals surface area (Å²) in [5, 5.41) is 7.30. The molecule has 10 nitrogen and oxygen atoms in total. The zero-order valence-electron chi connectivity index (χ0n) is 21.2. The highest BCUT2D eigenvalue weighted by Crippen LogP contribution is 2.61. The summed E-state index contributed by atoms with van der Waals surface area (Å²) in [6.45, 7) is 6.69. The Bertz CT molecular complexity index is 1160. The standard InChI is InChI=1S/C10H11ClFNO.C7H7ClFN.C3H6O2.2CO2.Cl3OP/c1-3-9(14)13-8-5-4-7(12)10(11)6(8)2;1-4-6(10)3-2-5(9)7(4)8;1-2-3(4)5;2*2-1-3;1-5(2,3)4/h4-5H,3H2,1-2H3,(H,13,14);2-3H,10H2,1H3;2H2,1H3,(H,4,5);;;. The SMILES string of the molecule is CCC(=O)Nc1ccc(F)c(Cl)c1C.CCC(=O)O.Cc1c(N)ccc(F)c1Cl.O=C=O.O=C=O.O=P(Cl)(Cl)Cl. The van der Waals surface area contributed by atoms with Crippen LogP contribution in [-0.4, -0.2) is 29.3 Å². The van der Waals surface area contributed by atoms with Gasteiger partial charge in [0.2, 0.25) is 5.91 Å². The van der Waals surface area contributed by atoms with Gasteiger partial charge in [-0.15, -0.1) is 0 Å². The highest BCUT2D eigenvalue weighted by Gasteiger charge is 2.09. The van der Waals surface area contributed by atoms with Crippen molar-refractivity contribution in [3.63, 3.8) is 0 Å². The lowest BCUT2D eigenvalue weighted by Crippen LogP contribution is -2.10. The quantitative estimate of drug-likeness (QED) is 0.216. The van der Waals surface area contributed by atoms with E-state index in [0.717, 1.165) is 0 Å². The van der Waals surface area contributed by atoms with Crippen molar-refractivity contribution >= 4 is 97.7 Å². The fourth-order valence-corrected chi connectivity index (χ4v) is 2.03. The molecule has 40 heavy (non-hydrogen) atoms. The van der Waals surface area contributed by atoms with E-state index in [1.165, 1.54) is 24.3 Å². The first-order valence-electron chi connectivity index (χ1n) is 10.1. The average molecular weight is 691 g/mol. The van der Waals surface area contributed by atoms with E-state index in [1.54, 1.807) is 27.7 Å². The van der Waals surface area contributed by atoms with Crippen molar-refractivity contribution in [1.29, 1.82) is 0 Å². The number of carboxylic acids is 1. The number of carboxylic acid groups (broad SMARTS) is 1. The third kappa shape index (κ3) is 27.1. The molecule has 0 saturated carbocycles. The summed E-state index contributed by atoms with van der Waals surface area (Å²) in [6.07, 6.45) is 1.11. The van der Waals surface area contributed by atoms with Gasteiger partial charge in [0.1, 0.15) is 11.6 Å². The van der Waals surface area contributed by atoms with Crippen LogP contribution in [-0.2, 0) is 33.3 Å². The van der Waals surface area contributed by atoms with Gasteiger partial charge in [-0.3, -0.25) is 14.2 Å². The maximum Gasteiger partial charge on any atom is 0.373 e.